The maximum absolute atomic E-state index is 13.9. The lowest BCUT2D eigenvalue weighted by Gasteiger charge is -2.23. The molecule has 3 aromatic carbocycles. The van der Waals surface area contributed by atoms with Crippen LogP contribution in [-0.2, 0) is 10.5 Å². The van der Waals surface area contributed by atoms with Crippen LogP contribution in [0.1, 0.15) is 27.7 Å². The van der Waals surface area contributed by atoms with Gasteiger partial charge in [-0.15, -0.1) is 10.2 Å². The van der Waals surface area contributed by atoms with Crippen molar-refractivity contribution in [2.24, 2.45) is 0 Å². The van der Waals surface area contributed by atoms with Crippen molar-refractivity contribution in [2.75, 3.05) is 12.0 Å². The fourth-order valence-electron chi connectivity index (χ4n) is 4.74. The Morgan fingerprint density at radius 2 is 1.95 bits per heavy atom. The number of nitro benzene ring substituents is 1. The van der Waals surface area contributed by atoms with E-state index in [-0.39, 0.29) is 27.7 Å². The fraction of sp³-hybridized carbons (Fsp3) is 0.103. The maximum Gasteiger partial charge on any atom is 0.296 e. The molecule has 0 saturated heterocycles. The van der Waals surface area contributed by atoms with Crippen molar-refractivity contribution >= 4 is 79.8 Å². The number of fused-ring (bicyclic) bond motifs is 1. The zero-order valence-electron chi connectivity index (χ0n) is 22.4. The van der Waals surface area contributed by atoms with Gasteiger partial charge in [0, 0.05) is 33.3 Å². The molecule has 5 aromatic rings. The quantitative estimate of drug-likeness (QED) is 0.0547. The summed E-state index contributed by atoms with van der Waals surface area (Å²) in [5, 5.41) is 32.7. The standard InChI is InChI=1S/C29H18Cl2N4O7S2/c1-41-20-7-3-5-15-11-21(42-26(15)20)24(36)22-23(14-4-2-6-18(10-14)35(39)40)34(27(38)25(22)37)28-32-33-29(44-28)43-13-16-8-9-17(30)12-19(16)31/h2-12,23,37H,13H2,1H3. The first-order chi connectivity index (χ1) is 21.2. The van der Waals surface area contributed by atoms with E-state index in [2.05, 4.69) is 10.2 Å². The van der Waals surface area contributed by atoms with Gasteiger partial charge in [-0.2, -0.15) is 0 Å². The Morgan fingerprint density at radius 1 is 1.16 bits per heavy atom. The predicted molar refractivity (Wildman–Crippen MR) is 166 cm³/mol. The average molecular weight is 670 g/mol. The topological polar surface area (TPSA) is 149 Å². The maximum atomic E-state index is 13.9. The number of hydrogen-bond donors (Lipinski definition) is 1. The number of carbonyl (C=O) groups is 2. The van der Waals surface area contributed by atoms with Crippen LogP contribution >= 0.6 is 46.3 Å². The SMILES string of the molecule is COc1cccc2cc(C(=O)C3=C(O)C(=O)N(c4nnc(SCc5ccc(Cl)cc5Cl)s4)C3c3cccc([N+](=O)[O-])c3)oc12. The summed E-state index contributed by atoms with van der Waals surface area (Å²) in [7, 11) is 1.46. The number of Topliss-reactive ketones (excluding diaryl/α,β-unsaturated/α-hetero) is 1. The largest absolute Gasteiger partial charge is 0.503 e. The number of non-ortho nitro benzene ring substituents is 1. The van der Waals surface area contributed by atoms with Gasteiger partial charge in [0.15, 0.2) is 27.2 Å². The third-order valence-corrected chi connectivity index (χ3v) is 9.46. The summed E-state index contributed by atoms with van der Waals surface area (Å²) in [5.41, 5.74) is 0.712. The van der Waals surface area contributed by atoms with Gasteiger partial charge in [-0.3, -0.25) is 24.6 Å². The Morgan fingerprint density at radius 3 is 2.70 bits per heavy atom. The second kappa shape index (κ2) is 11.9. The van der Waals surface area contributed by atoms with Crippen LogP contribution in [0, 0.1) is 10.1 Å². The summed E-state index contributed by atoms with van der Waals surface area (Å²) in [5.74, 6) is -1.90. The molecule has 0 aliphatic carbocycles. The summed E-state index contributed by atoms with van der Waals surface area (Å²) in [6.45, 7) is 0. The highest BCUT2D eigenvalue weighted by atomic mass is 35.5. The van der Waals surface area contributed by atoms with Crippen molar-refractivity contribution in [3.63, 3.8) is 0 Å². The number of halogens is 2. The number of ketones is 1. The monoisotopic (exact) mass is 668 g/mol. The van der Waals surface area contributed by atoms with E-state index in [4.69, 9.17) is 32.4 Å². The van der Waals surface area contributed by atoms with Crippen LogP contribution in [0.15, 0.2) is 86.8 Å². The summed E-state index contributed by atoms with van der Waals surface area (Å²) < 4.78 is 11.6. The van der Waals surface area contributed by atoms with Crippen LogP contribution in [0.25, 0.3) is 11.0 Å². The molecule has 11 nitrogen and oxygen atoms in total. The van der Waals surface area contributed by atoms with Crippen molar-refractivity contribution in [1.82, 2.24) is 10.2 Å². The van der Waals surface area contributed by atoms with E-state index in [0.29, 0.717) is 36.9 Å². The molecule has 0 bridgehead atoms. The zero-order chi connectivity index (χ0) is 31.1. The third kappa shape index (κ3) is 5.39. The molecule has 1 atom stereocenters. The number of methoxy groups -OCH3 is 1. The highest BCUT2D eigenvalue weighted by Crippen LogP contribution is 2.45. The minimum Gasteiger partial charge on any atom is -0.503 e. The lowest BCUT2D eigenvalue weighted by atomic mass is 9.95. The molecule has 1 aliphatic rings. The number of thioether (sulfide) groups is 1. The predicted octanol–water partition coefficient (Wildman–Crippen LogP) is 7.58. The van der Waals surface area contributed by atoms with Gasteiger partial charge in [0.1, 0.15) is 0 Å². The molecule has 0 radical (unpaired) electrons. The Kier molecular flexibility index (Phi) is 8.03. The number of amides is 1. The van der Waals surface area contributed by atoms with Crippen molar-refractivity contribution in [1.29, 1.82) is 0 Å². The molecule has 0 fully saturated rings. The van der Waals surface area contributed by atoms with Crippen LogP contribution in [0.2, 0.25) is 10.0 Å². The summed E-state index contributed by atoms with van der Waals surface area (Å²) >= 11 is 14.6. The van der Waals surface area contributed by atoms with Gasteiger partial charge in [0.25, 0.3) is 11.6 Å². The summed E-state index contributed by atoms with van der Waals surface area (Å²) in [6.07, 6.45) is 0. The smallest absolute Gasteiger partial charge is 0.296 e. The van der Waals surface area contributed by atoms with Crippen LogP contribution in [0.5, 0.6) is 5.75 Å². The molecule has 222 valence electrons. The molecule has 6 rings (SSSR count). The number of aromatic nitrogens is 2. The average Bonchev–Trinajstić information content (AvgIpc) is 3.73. The number of nitrogens with zero attached hydrogens (tertiary/aromatic N) is 4. The number of hydrogen-bond acceptors (Lipinski definition) is 11. The molecule has 0 saturated carbocycles. The van der Waals surface area contributed by atoms with Gasteiger partial charge in [-0.1, -0.05) is 76.6 Å². The van der Waals surface area contributed by atoms with Gasteiger partial charge in [-0.25, -0.2) is 0 Å². The van der Waals surface area contributed by atoms with Gasteiger partial charge >= 0.3 is 0 Å². The Labute approximate surface area is 266 Å². The zero-order valence-corrected chi connectivity index (χ0v) is 25.5. The third-order valence-electron chi connectivity index (χ3n) is 6.77. The summed E-state index contributed by atoms with van der Waals surface area (Å²) in [6, 6.07) is 15.9. The number of anilines is 1. The van der Waals surface area contributed by atoms with Crippen LogP contribution in [0.4, 0.5) is 10.8 Å². The lowest BCUT2D eigenvalue weighted by Crippen LogP contribution is -2.31. The molecular formula is C29H18Cl2N4O7S2. The minimum atomic E-state index is -1.28. The number of furan rings is 1. The molecule has 0 spiro atoms. The number of ether oxygens (including phenoxy) is 1. The van der Waals surface area contributed by atoms with E-state index >= 15 is 0 Å². The Bertz CT molecular complexity index is 2010. The highest BCUT2D eigenvalue weighted by molar-refractivity contribution is 8.00. The van der Waals surface area contributed by atoms with Crippen LogP contribution in [-0.4, -0.2) is 39.0 Å². The highest BCUT2D eigenvalue weighted by Gasteiger charge is 2.47. The molecule has 15 heteroatoms. The van der Waals surface area contributed by atoms with E-state index in [0.717, 1.165) is 21.8 Å². The first-order valence-electron chi connectivity index (χ1n) is 12.7. The molecule has 44 heavy (non-hydrogen) atoms. The number of para-hydroxylation sites is 1. The molecule has 1 N–H and O–H groups in total. The van der Waals surface area contributed by atoms with Crippen molar-refractivity contribution in [2.45, 2.75) is 16.1 Å². The van der Waals surface area contributed by atoms with Crippen LogP contribution in [0.3, 0.4) is 0 Å². The van der Waals surface area contributed by atoms with Gasteiger partial charge in [0.05, 0.1) is 23.6 Å². The lowest BCUT2D eigenvalue weighted by molar-refractivity contribution is -0.384. The second-order valence-electron chi connectivity index (χ2n) is 9.39. The molecule has 1 unspecified atom stereocenters. The number of carbonyl (C=O) groups excluding carboxylic acids is 2. The van der Waals surface area contributed by atoms with Crippen LogP contribution < -0.4 is 9.64 Å². The molecular weight excluding hydrogens is 651 g/mol. The normalized spacial score (nSPS) is 14.9. The molecule has 2 aromatic heterocycles. The minimum absolute atomic E-state index is 0.0665. The van der Waals surface area contributed by atoms with Gasteiger partial charge in [-0.05, 0) is 35.4 Å². The van der Waals surface area contributed by atoms with Crippen molar-refractivity contribution in [3.8, 4) is 5.75 Å². The van der Waals surface area contributed by atoms with E-state index in [1.165, 1.54) is 49.2 Å². The van der Waals surface area contributed by atoms with Gasteiger partial charge < -0.3 is 14.3 Å². The van der Waals surface area contributed by atoms with Crippen molar-refractivity contribution in [3.05, 3.63) is 115 Å². The fourth-order valence-corrected chi connectivity index (χ4v) is 7.16. The number of nitro groups is 1. The van der Waals surface area contributed by atoms with E-state index in [9.17, 15) is 24.8 Å². The molecule has 3 heterocycles. The van der Waals surface area contributed by atoms with Crippen molar-refractivity contribution < 1.29 is 28.8 Å². The van der Waals surface area contributed by atoms with E-state index in [1.807, 2.05) is 0 Å². The first-order valence-corrected chi connectivity index (χ1v) is 15.2. The number of benzene rings is 3. The molecule has 1 aliphatic heterocycles. The Hall–Kier alpha value is -4.43. The van der Waals surface area contributed by atoms with Gasteiger partial charge in [0.2, 0.25) is 10.9 Å². The second-order valence-corrected chi connectivity index (χ2v) is 12.4. The number of rotatable bonds is 9. The Balaban J connectivity index is 1.39. The number of aliphatic hydroxyl groups excluding tert-OH is 1. The first kappa shape index (κ1) is 29.6. The van der Waals surface area contributed by atoms with E-state index in [1.54, 1.807) is 36.4 Å². The number of aliphatic hydroxyl groups is 1. The van der Waals surface area contributed by atoms with E-state index < -0.39 is 28.4 Å². The summed E-state index contributed by atoms with van der Waals surface area (Å²) in [4.78, 5) is 39.6. The molecule has 1 amide bonds.